The van der Waals surface area contributed by atoms with Crippen molar-refractivity contribution in [2.24, 2.45) is 10.8 Å². The smallest absolute Gasteiger partial charge is 0.327 e. The predicted octanol–water partition coefficient (Wildman–Crippen LogP) is 3.75. The first-order chi connectivity index (χ1) is 12.8. The second-order valence-corrected chi connectivity index (χ2v) is 9.29. The number of urea groups is 1. The molecule has 1 saturated heterocycles. The average molecular weight is 391 g/mol. The summed E-state index contributed by atoms with van der Waals surface area (Å²) in [6.07, 6.45) is 0.644. The second-order valence-electron chi connectivity index (χ2n) is 9.29. The second kappa shape index (κ2) is 7.77. The Kier molecular flexibility index (Phi) is 6.01. The number of aliphatic carboxylic acids is 1. The molecule has 8 nitrogen and oxygen atoms in total. The zero-order valence-corrected chi connectivity index (χ0v) is 17.1. The van der Waals surface area contributed by atoms with E-state index in [1.807, 2.05) is 34.6 Å². The number of nitro groups is 1. The first kappa shape index (κ1) is 21.7. The lowest BCUT2D eigenvalue weighted by molar-refractivity contribution is -0.384. The lowest BCUT2D eigenvalue weighted by atomic mass is 9.71. The summed E-state index contributed by atoms with van der Waals surface area (Å²) in [4.78, 5) is 38.4. The molecule has 8 heteroatoms. The van der Waals surface area contributed by atoms with Gasteiger partial charge < -0.3 is 14.9 Å². The van der Waals surface area contributed by atoms with Crippen LogP contribution < -0.4 is 0 Å². The van der Waals surface area contributed by atoms with Crippen LogP contribution in [0.2, 0.25) is 0 Å². The summed E-state index contributed by atoms with van der Waals surface area (Å²) in [5.41, 5.74) is -0.0786. The molecule has 0 saturated carbocycles. The summed E-state index contributed by atoms with van der Waals surface area (Å²) in [5.74, 6) is -1.01. The highest BCUT2D eigenvalue weighted by Crippen LogP contribution is 2.39. The van der Waals surface area contributed by atoms with Gasteiger partial charge in [0.15, 0.2) is 0 Å². The fraction of sp³-hybridized carbons (Fsp3) is 0.600. The van der Waals surface area contributed by atoms with Gasteiger partial charge in [0.25, 0.3) is 5.69 Å². The van der Waals surface area contributed by atoms with Crippen molar-refractivity contribution in [3.05, 3.63) is 39.9 Å². The average Bonchev–Trinajstić information content (AvgIpc) is 2.86. The molecule has 0 unspecified atom stereocenters. The molecule has 0 radical (unpaired) electrons. The first-order valence-corrected chi connectivity index (χ1v) is 9.33. The molecule has 1 heterocycles. The monoisotopic (exact) mass is 391 g/mol. The maximum atomic E-state index is 12.9. The number of carboxylic acids is 1. The van der Waals surface area contributed by atoms with Gasteiger partial charge in [0.1, 0.15) is 6.04 Å². The van der Waals surface area contributed by atoms with E-state index in [-0.39, 0.29) is 23.7 Å². The van der Waals surface area contributed by atoms with Gasteiger partial charge in [-0.1, -0.05) is 46.8 Å². The van der Waals surface area contributed by atoms with Gasteiger partial charge in [-0.05, 0) is 22.8 Å². The number of amides is 2. The maximum absolute atomic E-state index is 12.9. The van der Waals surface area contributed by atoms with Crippen LogP contribution in [0.25, 0.3) is 0 Å². The molecule has 0 spiro atoms. The molecule has 1 aliphatic heterocycles. The van der Waals surface area contributed by atoms with Crippen LogP contribution in [0, 0.1) is 20.9 Å². The van der Waals surface area contributed by atoms with Gasteiger partial charge in [-0.15, -0.1) is 0 Å². The van der Waals surface area contributed by atoms with E-state index < -0.39 is 22.3 Å². The van der Waals surface area contributed by atoms with Crippen LogP contribution in [-0.4, -0.2) is 51.0 Å². The summed E-state index contributed by atoms with van der Waals surface area (Å²) in [7, 11) is 0. The van der Waals surface area contributed by atoms with Crippen LogP contribution >= 0.6 is 0 Å². The Hall–Kier alpha value is -2.64. The Morgan fingerprint density at radius 3 is 2.43 bits per heavy atom. The molecule has 0 aliphatic carbocycles. The van der Waals surface area contributed by atoms with E-state index in [0.29, 0.717) is 25.1 Å². The zero-order valence-electron chi connectivity index (χ0n) is 17.1. The van der Waals surface area contributed by atoms with Gasteiger partial charge in [-0.3, -0.25) is 10.1 Å². The molecule has 2 rings (SSSR count). The van der Waals surface area contributed by atoms with E-state index >= 15 is 0 Å². The minimum Gasteiger partial charge on any atom is -0.480 e. The van der Waals surface area contributed by atoms with Gasteiger partial charge in [-0.25, -0.2) is 9.59 Å². The number of hydrogen-bond acceptors (Lipinski definition) is 4. The number of carbonyl (C=O) groups is 2. The topological polar surface area (TPSA) is 104 Å². The molecular weight excluding hydrogens is 362 g/mol. The third-order valence-corrected chi connectivity index (χ3v) is 4.89. The number of benzene rings is 1. The molecule has 154 valence electrons. The van der Waals surface area contributed by atoms with E-state index in [1.165, 1.54) is 17.0 Å². The maximum Gasteiger partial charge on any atom is 0.327 e. The summed E-state index contributed by atoms with van der Waals surface area (Å²) in [5, 5.41) is 20.8. The minimum absolute atomic E-state index is 0.0317. The van der Waals surface area contributed by atoms with Gasteiger partial charge in [0, 0.05) is 31.8 Å². The van der Waals surface area contributed by atoms with Crippen LogP contribution in [0.1, 0.15) is 46.6 Å². The highest BCUT2D eigenvalue weighted by atomic mass is 16.6. The van der Waals surface area contributed by atoms with Crippen molar-refractivity contribution in [3.63, 3.8) is 0 Å². The largest absolute Gasteiger partial charge is 0.480 e. The molecule has 0 bridgehead atoms. The van der Waals surface area contributed by atoms with Crippen molar-refractivity contribution in [3.8, 4) is 0 Å². The third kappa shape index (κ3) is 4.99. The zero-order chi connectivity index (χ0) is 21.3. The van der Waals surface area contributed by atoms with Crippen LogP contribution in [0.5, 0.6) is 0 Å². The van der Waals surface area contributed by atoms with Crippen molar-refractivity contribution >= 4 is 17.7 Å². The van der Waals surface area contributed by atoms with Crippen molar-refractivity contribution in [2.75, 3.05) is 13.1 Å². The highest BCUT2D eigenvalue weighted by Gasteiger charge is 2.46. The number of nitro benzene ring substituents is 1. The van der Waals surface area contributed by atoms with Crippen LogP contribution in [0.4, 0.5) is 10.5 Å². The molecule has 0 aromatic heterocycles. The normalized spacial score (nSPS) is 16.4. The summed E-state index contributed by atoms with van der Waals surface area (Å²) in [6.45, 7) is 10.8. The van der Waals surface area contributed by atoms with Crippen molar-refractivity contribution in [1.29, 1.82) is 0 Å². The molecular formula is C20H29N3O5. The summed E-state index contributed by atoms with van der Waals surface area (Å²) in [6, 6.07) is 4.86. The van der Waals surface area contributed by atoms with Gasteiger partial charge >= 0.3 is 12.0 Å². The molecule has 1 atom stereocenters. The molecule has 2 amide bonds. The molecule has 1 aromatic rings. The molecule has 1 N–H and O–H groups in total. The number of carboxylic acid groups (broad SMARTS) is 1. The van der Waals surface area contributed by atoms with Crippen LogP contribution in [0.15, 0.2) is 24.3 Å². The molecule has 28 heavy (non-hydrogen) atoms. The Morgan fingerprint density at radius 1 is 1.25 bits per heavy atom. The Balaban J connectivity index is 2.20. The van der Waals surface area contributed by atoms with E-state index in [1.54, 1.807) is 17.0 Å². The summed E-state index contributed by atoms with van der Waals surface area (Å²) >= 11 is 0. The van der Waals surface area contributed by atoms with Crippen molar-refractivity contribution in [2.45, 2.75) is 53.6 Å². The number of carbonyl (C=O) groups excluding carboxylic acids is 1. The first-order valence-electron chi connectivity index (χ1n) is 9.33. The number of rotatable bonds is 7. The lowest BCUT2D eigenvalue weighted by Crippen LogP contribution is -2.52. The fourth-order valence-electron chi connectivity index (χ4n) is 4.33. The van der Waals surface area contributed by atoms with E-state index in [9.17, 15) is 24.8 Å². The van der Waals surface area contributed by atoms with Crippen molar-refractivity contribution < 1.29 is 19.6 Å². The highest BCUT2D eigenvalue weighted by molar-refractivity contribution is 5.84. The quantitative estimate of drug-likeness (QED) is 0.563. The number of nitrogens with zero attached hydrogens (tertiary/aromatic N) is 3. The Morgan fingerprint density at radius 2 is 1.89 bits per heavy atom. The molecule has 1 fully saturated rings. The minimum atomic E-state index is -1.01. The SMILES string of the molecule is CC(C)(C)CC(C)(C)[C@@H](C(=O)O)N1CCN(Cc2cccc([N+](=O)[O-])c2)C1=O. The Labute approximate surface area is 165 Å². The van der Waals surface area contributed by atoms with Crippen LogP contribution in [-0.2, 0) is 11.3 Å². The van der Waals surface area contributed by atoms with Gasteiger partial charge in [0.2, 0.25) is 0 Å². The fourth-order valence-corrected chi connectivity index (χ4v) is 4.33. The van der Waals surface area contributed by atoms with Gasteiger partial charge in [-0.2, -0.15) is 0 Å². The summed E-state index contributed by atoms with van der Waals surface area (Å²) < 4.78 is 0. The molecule has 1 aromatic carbocycles. The number of hydrogen-bond donors (Lipinski definition) is 1. The lowest BCUT2D eigenvalue weighted by Gasteiger charge is -2.40. The van der Waals surface area contributed by atoms with Crippen LogP contribution in [0.3, 0.4) is 0 Å². The van der Waals surface area contributed by atoms with Gasteiger partial charge in [0.05, 0.1) is 4.92 Å². The Bertz CT molecular complexity index is 769. The predicted molar refractivity (Wildman–Crippen MR) is 105 cm³/mol. The van der Waals surface area contributed by atoms with E-state index in [4.69, 9.17) is 0 Å². The van der Waals surface area contributed by atoms with Crippen molar-refractivity contribution in [1.82, 2.24) is 9.80 Å². The molecule has 1 aliphatic rings. The standard InChI is InChI=1S/C20H29N3O5/c1-19(2,3)13-20(4,5)16(17(24)25)22-10-9-21(18(22)26)12-14-7-6-8-15(11-14)23(27)28/h6-8,11,16H,9-10,12-13H2,1-5H3,(H,24,25)/t16-/m1/s1. The number of non-ortho nitro benzene ring substituents is 1. The third-order valence-electron chi connectivity index (χ3n) is 4.89. The van der Waals surface area contributed by atoms with E-state index in [2.05, 4.69) is 0 Å². The van der Waals surface area contributed by atoms with E-state index in [0.717, 1.165) is 0 Å².